The van der Waals surface area contributed by atoms with Crippen molar-refractivity contribution in [1.82, 2.24) is 0 Å². The number of ether oxygens (including phenoxy) is 2. The van der Waals surface area contributed by atoms with Gasteiger partial charge in [-0.1, -0.05) is 160 Å². The number of hydrogen-bond acceptors (Lipinski definition) is 9. The number of phosphoric acid groups is 1. The van der Waals surface area contributed by atoms with Gasteiger partial charge in [0.1, 0.15) is 12.7 Å². The lowest BCUT2D eigenvalue weighted by Crippen LogP contribution is -2.29. The molecule has 10 nitrogen and oxygen atoms in total. The SMILES string of the molecule is CCCCCCCCCCCCCCCC/C=C/CC/C=C/CCCC(=O)OC[C@@H](COP(=O)(O)OC[C@H](O)CO)OC(=O)CCCCCCCCC. The van der Waals surface area contributed by atoms with Crippen molar-refractivity contribution in [3.63, 3.8) is 0 Å². The van der Waals surface area contributed by atoms with Gasteiger partial charge in [0.2, 0.25) is 0 Å². The molecule has 3 N–H and O–H groups in total. The van der Waals surface area contributed by atoms with Gasteiger partial charge in [-0.3, -0.25) is 18.6 Å². The van der Waals surface area contributed by atoms with Crippen LogP contribution in [0.25, 0.3) is 0 Å². The van der Waals surface area contributed by atoms with Crippen LogP contribution >= 0.6 is 7.82 Å². The highest BCUT2D eigenvalue weighted by molar-refractivity contribution is 7.47. The maximum absolute atomic E-state index is 12.4. The lowest BCUT2D eigenvalue weighted by atomic mass is 10.0. The van der Waals surface area contributed by atoms with Crippen LogP contribution in [0, 0.1) is 0 Å². The largest absolute Gasteiger partial charge is 0.472 e. The quantitative estimate of drug-likeness (QED) is 0.0238. The summed E-state index contributed by atoms with van der Waals surface area (Å²) >= 11 is 0. The van der Waals surface area contributed by atoms with E-state index in [0.29, 0.717) is 12.8 Å². The summed E-state index contributed by atoms with van der Waals surface area (Å²) in [7, 11) is -4.61. The Kier molecular flexibility index (Phi) is 37.6. The molecular formula is C42H79O10P. The number of phosphoric ester groups is 1. The van der Waals surface area contributed by atoms with Gasteiger partial charge >= 0.3 is 19.8 Å². The Balaban J connectivity index is 4.14. The molecule has 0 aromatic heterocycles. The highest BCUT2D eigenvalue weighted by Crippen LogP contribution is 2.43. The first-order valence-electron chi connectivity index (χ1n) is 21.3. The van der Waals surface area contributed by atoms with Gasteiger partial charge in [0, 0.05) is 12.8 Å². The zero-order valence-corrected chi connectivity index (χ0v) is 34.6. The molecule has 0 aromatic carbocycles. The molecule has 0 radical (unpaired) electrons. The first kappa shape index (κ1) is 51.5. The van der Waals surface area contributed by atoms with E-state index in [4.69, 9.17) is 19.1 Å². The molecule has 0 fully saturated rings. The molecule has 0 aliphatic carbocycles. The zero-order valence-electron chi connectivity index (χ0n) is 33.7. The molecule has 0 saturated heterocycles. The molecule has 0 bridgehead atoms. The highest BCUT2D eigenvalue weighted by Gasteiger charge is 2.27. The van der Waals surface area contributed by atoms with Crippen molar-refractivity contribution in [3.8, 4) is 0 Å². The maximum atomic E-state index is 12.4. The standard InChI is InChI=1S/C42H79O10P/c1-3-5-7-9-11-12-13-14-15-16-17-18-19-20-21-22-23-24-25-26-28-29-31-33-41(45)49-37-40(38-51-53(47,48)50-36-39(44)35-43)52-42(46)34-32-30-27-10-8-6-4-2/h22-23,26,28,39-40,43-44H,3-21,24-25,27,29-38H2,1-2H3,(H,47,48)/b23-22+,28-26+/t39-,40+/m1/s1. The van der Waals surface area contributed by atoms with Crippen molar-refractivity contribution >= 4 is 19.8 Å². The second kappa shape index (κ2) is 38.7. The normalized spacial score (nSPS) is 14.1. The lowest BCUT2D eigenvalue weighted by Gasteiger charge is -2.20. The molecule has 0 heterocycles. The first-order valence-corrected chi connectivity index (χ1v) is 22.8. The summed E-state index contributed by atoms with van der Waals surface area (Å²) < 4.78 is 32.5. The summed E-state index contributed by atoms with van der Waals surface area (Å²) in [6.07, 6.45) is 37.7. The van der Waals surface area contributed by atoms with E-state index >= 15 is 0 Å². The Labute approximate surface area is 323 Å². The summed E-state index contributed by atoms with van der Waals surface area (Å²) in [5.41, 5.74) is 0. The molecular weight excluding hydrogens is 695 g/mol. The van der Waals surface area contributed by atoms with Crippen LogP contribution in [0.15, 0.2) is 24.3 Å². The van der Waals surface area contributed by atoms with Gasteiger partial charge in [0.25, 0.3) is 0 Å². The first-order chi connectivity index (χ1) is 25.7. The molecule has 53 heavy (non-hydrogen) atoms. The Morgan fingerprint density at radius 3 is 1.47 bits per heavy atom. The number of unbranched alkanes of at least 4 members (excludes halogenated alkanes) is 22. The fourth-order valence-electron chi connectivity index (χ4n) is 5.78. The molecule has 3 atom stereocenters. The van der Waals surface area contributed by atoms with Gasteiger partial charge in [-0.05, 0) is 44.9 Å². The monoisotopic (exact) mass is 775 g/mol. The van der Waals surface area contributed by atoms with Gasteiger partial charge in [-0.2, -0.15) is 0 Å². The van der Waals surface area contributed by atoms with Crippen molar-refractivity contribution < 1.29 is 47.8 Å². The number of carbonyl (C=O) groups excluding carboxylic acids is 2. The van der Waals surface area contributed by atoms with Crippen molar-refractivity contribution in [3.05, 3.63) is 24.3 Å². The molecule has 0 rings (SSSR count). The van der Waals surface area contributed by atoms with E-state index in [0.717, 1.165) is 44.9 Å². The maximum Gasteiger partial charge on any atom is 0.472 e. The summed E-state index contributed by atoms with van der Waals surface area (Å²) in [5, 5.41) is 18.2. The summed E-state index contributed by atoms with van der Waals surface area (Å²) in [6, 6.07) is 0. The molecule has 0 amide bonds. The number of aliphatic hydroxyl groups is 2. The molecule has 1 unspecified atom stereocenters. The molecule has 11 heteroatoms. The van der Waals surface area contributed by atoms with Crippen LogP contribution in [0.4, 0.5) is 0 Å². The van der Waals surface area contributed by atoms with Crippen LogP contribution in [-0.2, 0) is 32.7 Å². The van der Waals surface area contributed by atoms with E-state index in [1.165, 1.54) is 109 Å². The van der Waals surface area contributed by atoms with E-state index in [1.54, 1.807) is 0 Å². The summed E-state index contributed by atoms with van der Waals surface area (Å²) in [4.78, 5) is 34.7. The van der Waals surface area contributed by atoms with Gasteiger partial charge in [0.05, 0.1) is 19.8 Å². The number of esters is 2. The van der Waals surface area contributed by atoms with E-state index < -0.39 is 51.8 Å². The highest BCUT2D eigenvalue weighted by atomic mass is 31.2. The molecule has 0 aliphatic heterocycles. The summed E-state index contributed by atoms with van der Waals surface area (Å²) in [5.74, 6) is -0.977. The van der Waals surface area contributed by atoms with Crippen LogP contribution in [0.3, 0.4) is 0 Å². The zero-order chi connectivity index (χ0) is 39.1. The predicted molar refractivity (Wildman–Crippen MR) is 215 cm³/mol. The van der Waals surface area contributed by atoms with Gasteiger partial charge in [-0.25, -0.2) is 4.57 Å². The number of carbonyl (C=O) groups is 2. The minimum absolute atomic E-state index is 0.176. The number of hydrogen-bond donors (Lipinski definition) is 3. The van der Waals surface area contributed by atoms with Crippen LogP contribution < -0.4 is 0 Å². The Morgan fingerprint density at radius 1 is 0.547 bits per heavy atom. The van der Waals surface area contributed by atoms with Crippen LogP contribution in [0.1, 0.15) is 194 Å². The molecule has 0 spiro atoms. The van der Waals surface area contributed by atoms with E-state index in [-0.39, 0.29) is 19.4 Å². The van der Waals surface area contributed by atoms with Gasteiger partial charge in [-0.15, -0.1) is 0 Å². The summed E-state index contributed by atoms with van der Waals surface area (Å²) in [6.45, 7) is 2.29. The molecule has 312 valence electrons. The second-order valence-electron chi connectivity index (χ2n) is 14.4. The van der Waals surface area contributed by atoms with Crippen molar-refractivity contribution in [2.24, 2.45) is 0 Å². The van der Waals surface area contributed by atoms with Gasteiger partial charge in [0.15, 0.2) is 6.10 Å². The van der Waals surface area contributed by atoms with E-state index in [2.05, 4.69) is 42.7 Å². The van der Waals surface area contributed by atoms with Crippen molar-refractivity contribution in [2.75, 3.05) is 26.4 Å². The minimum Gasteiger partial charge on any atom is -0.462 e. The topological polar surface area (TPSA) is 149 Å². The third-order valence-corrected chi connectivity index (χ3v) is 10.0. The Hall–Kier alpha value is -1.55. The van der Waals surface area contributed by atoms with Crippen LogP contribution in [-0.4, -0.2) is 65.7 Å². The van der Waals surface area contributed by atoms with E-state index in [9.17, 15) is 24.2 Å². The van der Waals surface area contributed by atoms with Gasteiger partial charge < -0.3 is 24.6 Å². The third-order valence-electron chi connectivity index (χ3n) is 9.09. The molecule has 0 saturated carbocycles. The van der Waals surface area contributed by atoms with Crippen molar-refractivity contribution in [1.29, 1.82) is 0 Å². The molecule has 0 aliphatic rings. The Bertz CT molecular complexity index is 941. The second-order valence-corrected chi connectivity index (χ2v) is 15.8. The number of aliphatic hydroxyl groups excluding tert-OH is 2. The lowest BCUT2D eigenvalue weighted by molar-refractivity contribution is -0.161. The van der Waals surface area contributed by atoms with Crippen LogP contribution in [0.2, 0.25) is 0 Å². The minimum atomic E-state index is -4.61. The fraction of sp³-hybridized carbons (Fsp3) is 0.857. The fourth-order valence-corrected chi connectivity index (χ4v) is 6.57. The number of rotatable bonds is 40. The predicted octanol–water partition coefficient (Wildman–Crippen LogP) is 11.0. The van der Waals surface area contributed by atoms with Crippen LogP contribution in [0.5, 0.6) is 0 Å². The average Bonchev–Trinajstić information content (AvgIpc) is 3.14. The average molecular weight is 775 g/mol. The third kappa shape index (κ3) is 38.5. The van der Waals surface area contributed by atoms with E-state index in [1.807, 2.05) is 0 Å². The smallest absolute Gasteiger partial charge is 0.462 e. The Morgan fingerprint density at radius 2 is 0.962 bits per heavy atom. The number of allylic oxidation sites excluding steroid dienone is 4. The molecule has 0 aromatic rings. The van der Waals surface area contributed by atoms with Crippen molar-refractivity contribution in [2.45, 2.75) is 206 Å².